The van der Waals surface area contributed by atoms with Crippen molar-refractivity contribution in [3.8, 4) is 5.75 Å². The number of rotatable bonds is 6. The van der Waals surface area contributed by atoms with E-state index in [9.17, 15) is 14.5 Å². The second-order valence-electron chi connectivity index (χ2n) is 6.34. The van der Waals surface area contributed by atoms with Crippen LogP contribution in [0.3, 0.4) is 0 Å². The third-order valence-corrected chi connectivity index (χ3v) is 4.32. The van der Waals surface area contributed by atoms with Crippen molar-refractivity contribution < 1.29 is 14.1 Å². The topological polar surface area (TPSA) is 102 Å². The minimum atomic E-state index is -0.488. The van der Waals surface area contributed by atoms with Crippen LogP contribution in [0.25, 0.3) is 11.0 Å². The van der Waals surface area contributed by atoms with Crippen molar-refractivity contribution >= 4 is 39.7 Å². The highest BCUT2D eigenvalue weighted by atomic mass is 19.1. The van der Waals surface area contributed by atoms with Gasteiger partial charge < -0.3 is 15.4 Å². The second-order valence-corrected chi connectivity index (χ2v) is 6.34. The third-order valence-electron chi connectivity index (χ3n) is 4.32. The summed E-state index contributed by atoms with van der Waals surface area (Å²) in [5, 5.41) is 17.4. The van der Waals surface area contributed by atoms with Crippen molar-refractivity contribution in [1.82, 2.24) is 9.97 Å². The molecule has 0 atom stereocenters. The summed E-state index contributed by atoms with van der Waals surface area (Å²) >= 11 is 0. The highest BCUT2D eigenvalue weighted by molar-refractivity contribution is 5.84. The molecule has 3 aromatic carbocycles. The molecule has 4 rings (SSSR count). The zero-order valence-corrected chi connectivity index (χ0v) is 15.8. The number of nitrogens with zero attached hydrogens (tertiary/aromatic N) is 3. The van der Waals surface area contributed by atoms with Crippen molar-refractivity contribution in [2.24, 2.45) is 0 Å². The summed E-state index contributed by atoms with van der Waals surface area (Å²) in [5.41, 5.74) is 2.09. The Balaban J connectivity index is 1.77. The van der Waals surface area contributed by atoms with Crippen LogP contribution in [0, 0.1) is 15.9 Å². The maximum Gasteiger partial charge on any atom is 0.271 e. The predicted molar refractivity (Wildman–Crippen MR) is 112 cm³/mol. The third kappa shape index (κ3) is 4.09. The summed E-state index contributed by atoms with van der Waals surface area (Å²) < 4.78 is 18.4. The number of aromatic nitrogens is 2. The van der Waals surface area contributed by atoms with Crippen molar-refractivity contribution in [3.05, 3.63) is 82.7 Å². The van der Waals surface area contributed by atoms with E-state index in [4.69, 9.17) is 4.74 Å². The van der Waals surface area contributed by atoms with Crippen LogP contribution in [0.15, 0.2) is 66.7 Å². The van der Waals surface area contributed by atoms with Gasteiger partial charge in [0.15, 0.2) is 11.6 Å². The van der Waals surface area contributed by atoms with Gasteiger partial charge in [0.1, 0.15) is 11.6 Å². The van der Waals surface area contributed by atoms with Gasteiger partial charge in [-0.05, 0) is 54.6 Å². The molecule has 0 spiro atoms. The number of nitrogens with one attached hydrogen (secondary N) is 2. The average Bonchev–Trinajstić information content (AvgIpc) is 2.76. The monoisotopic (exact) mass is 405 g/mol. The van der Waals surface area contributed by atoms with Crippen molar-refractivity contribution in [2.75, 3.05) is 17.7 Å². The number of hydrogen-bond acceptors (Lipinski definition) is 7. The maximum absolute atomic E-state index is 13.2. The molecule has 0 saturated heterocycles. The molecular formula is C21H16FN5O3. The summed E-state index contributed by atoms with van der Waals surface area (Å²) in [6.07, 6.45) is 0. The zero-order chi connectivity index (χ0) is 21.1. The Morgan fingerprint density at radius 2 is 1.43 bits per heavy atom. The van der Waals surface area contributed by atoms with Crippen LogP contribution >= 0.6 is 0 Å². The molecule has 1 heterocycles. The van der Waals surface area contributed by atoms with E-state index in [2.05, 4.69) is 20.6 Å². The number of hydrogen-bond donors (Lipinski definition) is 2. The molecular weight excluding hydrogens is 389 g/mol. The van der Waals surface area contributed by atoms with Crippen LogP contribution < -0.4 is 15.4 Å². The first kappa shape index (κ1) is 19.1. The van der Waals surface area contributed by atoms with Crippen LogP contribution in [-0.2, 0) is 0 Å². The van der Waals surface area contributed by atoms with Gasteiger partial charge in [-0.25, -0.2) is 14.4 Å². The number of methoxy groups -OCH3 is 1. The lowest BCUT2D eigenvalue weighted by Crippen LogP contribution is -2.03. The fourth-order valence-corrected chi connectivity index (χ4v) is 2.81. The van der Waals surface area contributed by atoms with Gasteiger partial charge in [-0.2, -0.15) is 0 Å². The number of ether oxygens (including phenoxy) is 1. The Hall–Kier alpha value is -4.27. The zero-order valence-electron chi connectivity index (χ0n) is 15.8. The first-order valence-electron chi connectivity index (χ1n) is 8.92. The summed E-state index contributed by atoms with van der Waals surface area (Å²) in [4.78, 5) is 19.7. The molecule has 0 aliphatic heterocycles. The molecule has 4 aromatic rings. The molecule has 0 amide bonds. The van der Waals surface area contributed by atoms with Crippen LogP contribution in [0.1, 0.15) is 0 Å². The number of nitro benzene ring substituents is 1. The molecule has 0 unspecified atom stereocenters. The second kappa shape index (κ2) is 8.00. The first-order valence-corrected chi connectivity index (χ1v) is 8.92. The fraction of sp³-hybridized carbons (Fsp3) is 0.0476. The Morgan fingerprint density at radius 3 is 2.00 bits per heavy atom. The van der Waals surface area contributed by atoms with Gasteiger partial charge in [0.2, 0.25) is 0 Å². The minimum Gasteiger partial charge on any atom is -0.497 e. The molecule has 150 valence electrons. The lowest BCUT2D eigenvalue weighted by atomic mass is 10.2. The Kier molecular flexibility index (Phi) is 5.08. The summed E-state index contributed by atoms with van der Waals surface area (Å²) in [6.45, 7) is 0. The molecule has 1 aromatic heterocycles. The Labute approximate surface area is 170 Å². The molecule has 0 bridgehead atoms. The van der Waals surface area contributed by atoms with Gasteiger partial charge in [-0.3, -0.25) is 10.1 Å². The van der Waals surface area contributed by atoms with Crippen molar-refractivity contribution in [1.29, 1.82) is 0 Å². The van der Waals surface area contributed by atoms with E-state index in [1.807, 2.05) is 12.1 Å². The van der Waals surface area contributed by atoms with E-state index in [0.717, 1.165) is 5.69 Å². The molecule has 0 saturated carbocycles. The van der Waals surface area contributed by atoms with Gasteiger partial charge in [0.05, 0.1) is 23.1 Å². The van der Waals surface area contributed by atoms with Gasteiger partial charge in [0, 0.05) is 23.5 Å². The Morgan fingerprint density at radius 1 is 0.867 bits per heavy atom. The number of nitro groups is 1. The lowest BCUT2D eigenvalue weighted by molar-refractivity contribution is -0.384. The molecule has 0 radical (unpaired) electrons. The van der Waals surface area contributed by atoms with E-state index < -0.39 is 4.92 Å². The molecule has 8 nitrogen and oxygen atoms in total. The lowest BCUT2D eigenvalue weighted by Gasteiger charge is -2.14. The van der Waals surface area contributed by atoms with Gasteiger partial charge >= 0.3 is 0 Å². The van der Waals surface area contributed by atoms with Crippen LogP contribution in [0.2, 0.25) is 0 Å². The van der Waals surface area contributed by atoms with Crippen LogP contribution in [0.4, 0.5) is 33.1 Å². The highest BCUT2D eigenvalue weighted by Crippen LogP contribution is 2.29. The molecule has 30 heavy (non-hydrogen) atoms. The number of anilines is 4. The maximum atomic E-state index is 13.2. The summed E-state index contributed by atoms with van der Waals surface area (Å²) in [7, 11) is 1.58. The van der Waals surface area contributed by atoms with Crippen molar-refractivity contribution in [3.63, 3.8) is 0 Å². The molecule has 9 heteroatoms. The first-order chi connectivity index (χ1) is 14.5. The number of benzene rings is 3. The standard InChI is InChI=1S/C21H16FN5O3/c1-30-17-9-6-15(7-10-17)24-20-21(23-14-4-2-13(22)3-5-14)26-19-12-16(27(28)29)8-11-18(19)25-20/h2-12H,1H3,(H,23,26)(H,24,25). The minimum absolute atomic E-state index is 0.0830. The molecule has 0 fully saturated rings. The van der Waals surface area contributed by atoms with Crippen molar-refractivity contribution in [2.45, 2.75) is 0 Å². The van der Waals surface area contributed by atoms with E-state index >= 15 is 0 Å². The van der Waals surface area contributed by atoms with E-state index in [-0.39, 0.29) is 11.5 Å². The fourth-order valence-electron chi connectivity index (χ4n) is 2.81. The van der Waals surface area contributed by atoms with Crippen LogP contribution in [-0.4, -0.2) is 22.0 Å². The summed E-state index contributed by atoms with van der Waals surface area (Å²) in [5.74, 6) is 1.09. The number of halogens is 1. The van der Waals surface area contributed by atoms with Crippen LogP contribution in [0.5, 0.6) is 5.75 Å². The van der Waals surface area contributed by atoms with E-state index in [0.29, 0.717) is 34.1 Å². The van der Waals surface area contributed by atoms with E-state index in [1.165, 1.54) is 24.3 Å². The number of non-ortho nitro benzene ring substituents is 1. The SMILES string of the molecule is COc1ccc(Nc2nc3ccc([N+](=O)[O-])cc3nc2Nc2ccc(F)cc2)cc1. The Bertz CT molecular complexity index is 1210. The average molecular weight is 405 g/mol. The predicted octanol–water partition coefficient (Wildman–Crippen LogP) is 5.17. The van der Waals surface area contributed by atoms with E-state index in [1.54, 1.807) is 37.4 Å². The smallest absolute Gasteiger partial charge is 0.271 e. The van der Waals surface area contributed by atoms with Gasteiger partial charge in [0.25, 0.3) is 5.69 Å². The molecule has 0 aliphatic rings. The quantitative estimate of drug-likeness (QED) is 0.337. The molecule has 0 aliphatic carbocycles. The normalized spacial score (nSPS) is 10.6. The largest absolute Gasteiger partial charge is 0.497 e. The van der Waals surface area contributed by atoms with Gasteiger partial charge in [-0.1, -0.05) is 0 Å². The highest BCUT2D eigenvalue weighted by Gasteiger charge is 2.14. The van der Waals surface area contributed by atoms with Gasteiger partial charge in [-0.15, -0.1) is 0 Å². The molecule has 2 N–H and O–H groups in total. The number of fused-ring (bicyclic) bond motifs is 1. The summed E-state index contributed by atoms with van der Waals surface area (Å²) in [6, 6.07) is 17.3.